The largest absolute Gasteiger partial charge is 0.456 e. The summed E-state index contributed by atoms with van der Waals surface area (Å²) in [5.74, 6) is 1.36. The van der Waals surface area contributed by atoms with E-state index in [1.165, 1.54) is 0 Å². The van der Waals surface area contributed by atoms with Gasteiger partial charge in [-0.05, 0) is 61.9 Å². The van der Waals surface area contributed by atoms with Crippen LogP contribution in [-0.4, -0.2) is 6.54 Å². The molecule has 0 aliphatic heterocycles. The lowest BCUT2D eigenvalue weighted by molar-refractivity contribution is 0.482. The molecule has 0 radical (unpaired) electrons. The maximum atomic E-state index is 6.31. The second-order valence-electron chi connectivity index (χ2n) is 4.92. The third-order valence-corrected chi connectivity index (χ3v) is 3.75. The lowest BCUT2D eigenvalue weighted by Crippen LogP contribution is -2.19. The molecule has 0 amide bonds. The van der Waals surface area contributed by atoms with Gasteiger partial charge in [-0.15, -0.1) is 0 Å². The highest BCUT2D eigenvalue weighted by Crippen LogP contribution is 2.32. The summed E-state index contributed by atoms with van der Waals surface area (Å²) < 4.78 is 5.77. The minimum Gasteiger partial charge on any atom is -0.456 e. The molecule has 0 saturated heterocycles. The Labute approximate surface area is 136 Å². The lowest BCUT2D eigenvalue weighted by atomic mass is 10.1. The second kappa shape index (κ2) is 7.69. The van der Waals surface area contributed by atoms with Crippen molar-refractivity contribution >= 4 is 23.2 Å². The van der Waals surface area contributed by atoms with Crippen LogP contribution in [0.4, 0.5) is 0 Å². The van der Waals surface area contributed by atoms with Gasteiger partial charge in [0.05, 0.1) is 5.02 Å². The molecule has 0 saturated carbocycles. The van der Waals surface area contributed by atoms with Crippen molar-refractivity contribution in [2.45, 2.75) is 26.3 Å². The molecule has 0 aliphatic rings. The third-order valence-electron chi connectivity index (χ3n) is 3.20. The van der Waals surface area contributed by atoms with E-state index in [1.54, 1.807) is 12.1 Å². The van der Waals surface area contributed by atoms with E-state index < -0.39 is 0 Å². The van der Waals surface area contributed by atoms with Gasteiger partial charge in [0.15, 0.2) is 0 Å². The first-order chi connectivity index (χ1) is 10.1. The molecule has 21 heavy (non-hydrogen) atoms. The number of ether oxygens (including phenoxy) is 1. The molecule has 1 atom stereocenters. The molecule has 0 bridgehead atoms. The van der Waals surface area contributed by atoms with Gasteiger partial charge in [0.25, 0.3) is 0 Å². The molecule has 2 aromatic rings. The summed E-state index contributed by atoms with van der Waals surface area (Å²) in [5.41, 5.74) is 1.15. The fraction of sp³-hybridized carbons (Fsp3) is 0.294. The van der Waals surface area contributed by atoms with Crippen LogP contribution < -0.4 is 10.1 Å². The highest BCUT2D eigenvalue weighted by molar-refractivity contribution is 6.32. The molecule has 2 nitrogen and oxygen atoms in total. The van der Waals surface area contributed by atoms with Crippen molar-refractivity contribution in [1.29, 1.82) is 0 Å². The van der Waals surface area contributed by atoms with Crippen molar-refractivity contribution in [2.24, 2.45) is 0 Å². The minimum absolute atomic E-state index is 0.270. The van der Waals surface area contributed by atoms with Crippen LogP contribution >= 0.6 is 23.2 Å². The average Bonchev–Trinajstić information content (AvgIpc) is 2.49. The van der Waals surface area contributed by atoms with E-state index in [0.29, 0.717) is 21.5 Å². The van der Waals surface area contributed by atoms with Gasteiger partial charge in [-0.3, -0.25) is 0 Å². The van der Waals surface area contributed by atoms with Crippen molar-refractivity contribution in [2.75, 3.05) is 6.54 Å². The second-order valence-corrected chi connectivity index (χ2v) is 5.77. The summed E-state index contributed by atoms with van der Waals surface area (Å²) >= 11 is 12.2. The first-order valence-electron chi connectivity index (χ1n) is 7.06. The Morgan fingerprint density at radius 3 is 2.43 bits per heavy atom. The Hall–Kier alpha value is -1.22. The molecule has 0 aromatic heterocycles. The predicted octanol–water partition coefficient (Wildman–Crippen LogP) is 5.85. The summed E-state index contributed by atoms with van der Waals surface area (Å²) in [6.45, 7) is 5.26. The van der Waals surface area contributed by atoms with E-state index in [4.69, 9.17) is 27.9 Å². The van der Waals surface area contributed by atoms with Crippen LogP contribution in [0.15, 0.2) is 42.5 Å². The van der Waals surface area contributed by atoms with E-state index in [2.05, 4.69) is 19.2 Å². The van der Waals surface area contributed by atoms with E-state index in [1.807, 2.05) is 30.3 Å². The molecular weight excluding hydrogens is 305 g/mol. The summed E-state index contributed by atoms with van der Waals surface area (Å²) in [7, 11) is 0. The number of halogens is 2. The van der Waals surface area contributed by atoms with Crippen LogP contribution in [0.25, 0.3) is 0 Å². The molecular formula is C17H19Cl2NO. The zero-order valence-corrected chi connectivity index (χ0v) is 13.7. The fourth-order valence-corrected chi connectivity index (χ4v) is 2.33. The van der Waals surface area contributed by atoms with Crippen LogP contribution in [0.1, 0.15) is 31.9 Å². The Bertz CT molecular complexity index is 584. The van der Waals surface area contributed by atoms with Crippen LogP contribution in [0.5, 0.6) is 11.5 Å². The van der Waals surface area contributed by atoms with Crippen LogP contribution in [0.2, 0.25) is 10.0 Å². The molecule has 1 N–H and O–H groups in total. The number of nitrogens with one attached hydrogen (secondary N) is 1. The van der Waals surface area contributed by atoms with Crippen molar-refractivity contribution < 1.29 is 4.74 Å². The van der Waals surface area contributed by atoms with E-state index in [-0.39, 0.29) is 6.04 Å². The molecule has 4 heteroatoms. The van der Waals surface area contributed by atoms with Gasteiger partial charge in [0.2, 0.25) is 0 Å². The molecule has 0 heterocycles. The number of benzene rings is 2. The molecule has 0 aliphatic carbocycles. The normalized spacial score (nSPS) is 12.2. The highest BCUT2D eigenvalue weighted by atomic mass is 35.5. The number of rotatable bonds is 6. The smallest absolute Gasteiger partial charge is 0.146 e. The van der Waals surface area contributed by atoms with Gasteiger partial charge < -0.3 is 10.1 Å². The average molecular weight is 324 g/mol. The quantitative estimate of drug-likeness (QED) is 0.720. The van der Waals surface area contributed by atoms with Gasteiger partial charge in [-0.25, -0.2) is 0 Å². The Balaban J connectivity index is 2.10. The Morgan fingerprint density at radius 1 is 1.10 bits per heavy atom. The summed E-state index contributed by atoms with van der Waals surface area (Å²) in [6.07, 6.45) is 1.11. The fourth-order valence-electron chi connectivity index (χ4n) is 1.98. The van der Waals surface area contributed by atoms with E-state index >= 15 is 0 Å². The maximum absolute atomic E-state index is 6.31. The van der Waals surface area contributed by atoms with Gasteiger partial charge in [-0.2, -0.15) is 0 Å². The van der Waals surface area contributed by atoms with Gasteiger partial charge in [0, 0.05) is 11.1 Å². The standard InChI is InChI=1S/C17H19Cl2NO/c1-3-10-20-12(2)13-4-9-17(16(19)11-13)21-15-7-5-14(18)6-8-15/h4-9,11-12,20H,3,10H2,1-2H3. The highest BCUT2D eigenvalue weighted by Gasteiger charge is 2.09. The Kier molecular flexibility index (Phi) is 5.92. The first-order valence-corrected chi connectivity index (χ1v) is 7.82. The van der Waals surface area contributed by atoms with Crippen LogP contribution in [0, 0.1) is 0 Å². The molecule has 112 valence electrons. The monoisotopic (exact) mass is 323 g/mol. The van der Waals surface area contributed by atoms with E-state index in [0.717, 1.165) is 18.5 Å². The zero-order chi connectivity index (χ0) is 15.2. The third kappa shape index (κ3) is 4.63. The number of hydrogen-bond acceptors (Lipinski definition) is 2. The van der Waals surface area contributed by atoms with Gasteiger partial charge in [0.1, 0.15) is 11.5 Å². The maximum Gasteiger partial charge on any atom is 0.146 e. The summed E-state index contributed by atoms with van der Waals surface area (Å²) in [4.78, 5) is 0. The molecule has 1 unspecified atom stereocenters. The molecule has 0 spiro atoms. The lowest BCUT2D eigenvalue weighted by Gasteiger charge is -2.15. The molecule has 2 rings (SSSR count). The van der Waals surface area contributed by atoms with Gasteiger partial charge >= 0.3 is 0 Å². The predicted molar refractivity (Wildman–Crippen MR) is 89.7 cm³/mol. The minimum atomic E-state index is 0.270. The van der Waals surface area contributed by atoms with Crippen molar-refractivity contribution in [3.05, 3.63) is 58.1 Å². The Morgan fingerprint density at radius 2 is 1.81 bits per heavy atom. The van der Waals surface area contributed by atoms with Crippen molar-refractivity contribution in [1.82, 2.24) is 5.32 Å². The van der Waals surface area contributed by atoms with Crippen molar-refractivity contribution in [3.8, 4) is 11.5 Å². The van der Waals surface area contributed by atoms with E-state index in [9.17, 15) is 0 Å². The first kappa shape index (κ1) is 16.2. The molecule has 0 fully saturated rings. The zero-order valence-electron chi connectivity index (χ0n) is 12.2. The number of hydrogen-bond donors (Lipinski definition) is 1. The van der Waals surface area contributed by atoms with Crippen LogP contribution in [-0.2, 0) is 0 Å². The summed E-state index contributed by atoms with van der Waals surface area (Å²) in [5, 5.41) is 4.72. The summed E-state index contributed by atoms with van der Waals surface area (Å²) in [6, 6.07) is 13.4. The van der Waals surface area contributed by atoms with Crippen molar-refractivity contribution in [3.63, 3.8) is 0 Å². The topological polar surface area (TPSA) is 21.3 Å². The SMILES string of the molecule is CCCNC(C)c1ccc(Oc2ccc(Cl)cc2)c(Cl)c1. The molecule has 2 aromatic carbocycles. The van der Waals surface area contributed by atoms with Gasteiger partial charge in [-0.1, -0.05) is 36.2 Å². The van der Waals surface area contributed by atoms with Crippen LogP contribution in [0.3, 0.4) is 0 Å².